The van der Waals surface area contributed by atoms with Crippen LogP contribution in [0.15, 0.2) is 44.9 Å². The molecule has 0 radical (unpaired) electrons. The van der Waals surface area contributed by atoms with Gasteiger partial charge in [0.2, 0.25) is 0 Å². The van der Waals surface area contributed by atoms with Gasteiger partial charge in [-0.15, -0.1) is 0 Å². The van der Waals surface area contributed by atoms with Gasteiger partial charge in [-0.1, -0.05) is 43.3 Å². The molecule has 94 valence electrons. The van der Waals surface area contributed by atoms with Crippen LogP contribution in [0.25, 0.3) is 0 Å². The predicted molar refractivity (Wildman–Crippen MR) is 79.1 cm³/mol. The highest BCUT2D eigenvalue weighted by atomic mass is 79.9. The minimum absolute atomic E-state index is 0.333. The number of halogens is 1. The zero-order valence-electron chi connectivity index (χ0n) is 10.6. The van der Waals surface area contributed by atoms with Crippen LogP contribution in [-0.4, -0.2) is 9.97 Å². The van der Waals surface area contributed by atoms with Gasteiger partial charge >= 0.3 is 0 Å². The second-order valence-electron chi connectivity index (χ2n) is 4.46. The molecule has 0 aliphatic rings. The van der Waals surface area contributed by atoms with Crippen molar-refractivity contribution in [3.8, 4) is 0 Å². The minimum atomic E-state index is 0.333. The molecule has 2 rings (SSSR count). The van der Waals surface area contributed by atoms with Crippen LogP contribution >= 0.6 is 27.7 Å². The van der Waals surface area contributed by atoms with Crippen LogP contribution in [-0.2, 0) is 0 Å². The Morgan fingerprint density at radius 3 is 2.61 bits per heavy atom. The number of aryl methyl sites for hydroxylation is 1. The van der Waals surface area contributed by atoms with Crippen molar-refractivity contribution in [2.45, 2.75) is 36.6 Å². The average molecular weight is 323 g/mol. The molecule has 0 bridgehead atoms. The van der Waals surface area contributed by atoms with Gasteiger partial charge in [0.1, 0.15) is 15.5 Å². The van der Waals surface area contributed by atoms with Crippen LogP contribution in [0.4, 0.5) is 0 Å². The van der Waals surface area contributed by atoms with Crippen molar-refractivity contribution in [1.82, 2.24) is 9.97 Å². The van der Waals surface area contributed by atoms with E-state index in [2.05, 4.69) is 70.9 Å². The van der Waals surface area contributed by atoms with Crippen LogP contribution in [0.5, 0.6) is 0 Å². The lowest BCUT2D eigenvalue weighted by molar-refractivity contribution is 0.748. The summed E-state index contributed by atoms with van der Waals surface area (Å²) in [6.45, 7) is 6.30. The van der Waals surface area contributed by atoms with Gasteiger partial charge in [0.15, 0.2) is 0 Å². The molecule has 2 aromatic rings. The first-order valence-corrected chi connectivity index (χ1v) is 7.44. The Hall–Kier alpha value is -0.870. The quantitative estimate of drug-likeness (QED) is 0.757. The highest BCUT2D eigenvalue weighted by molar-refractivity contribution is 9.10. The lowest BCUT2D eigenvalue weighted by atomic mass is 10.2. The van der Waals surface area contributed by atoms with Crippen molar-refractivity contribution in [3.05, 3.63) is 46.3 Å². The van der Waals surface area contributed by atoms with Gasteiger partial charge in [0.25, 0.3) is 0 Å². The van der Waals surface area contributed by atoms with Gasteiger partial charge in [0, 0.05) is 16.9 Å². The molecule has 0 atom stereocenters. The average Bonchev–Trinajstić information content (AvgIpc) is 2.28. The third-order valence-corrected chi connectivity index (χ3v) is 3.73. The molecule has 0 spiro atoms. The topological polar surface area (TPSA) is 25.8 Å². The van der Waals surface area contributed by atoms with Crippen molar-refractivity contribution < 1.29 is 0 Å². The number of hydrogen-bond donors (Lipinski definition) is 0. The Balaban J connectivity index is 2.29. The van der Waals surface area contributed by atoms with Crippen LogP contribution in [0, 0.1) is 6.92 Å². The SMILES string of the molecule is Cc1cccc(Sc2cc(Br)nc(C(C)C)n2)c1. The maximum atomic E-state index is 4.58. The Bertz CT molecular complexity index is 555. The molecule has 0 N–H and O–H groups in total. The van der Waals surface area contributed by atoms with E-state index in [9.17, 15) is 0 Å². The number of rotatable bonds is 3. The smallest absolute Gasteiger partial charge is 0.133 e. The summed E-state index contributed by atoms with van der Waals surface area (Å²) in [6, 6.07) is 10.4. The summed E-state index contributed by atoms with van der Waals surface area (Å²) in [4.78, 5) is 10.2. The monoisotopic (exact) mass is 322 g/mol. The molecule has 0 saturated carbocycles. The largest absolute Gasteiger partial charge is 0.226 e. The molecule has 0 unspecified atom stereocenters. The second kappa shape index (κ2) is 5.85. The summed E-state index contributed by atoms with van der Waals surface area (Å²) in [7, 11) is 0. The van der Waals surface area contributed by atoms with Crippen molar-refractivity contribution in [2.75, 3.05) is 0 Å². The number of nitrogens with zero attached hydrogens (tertiary/aromatic N) is 2. The second-order valence-corrected chi connectivity index (χ2v) is 6.37. The lowest BCUT2D eigenvalue weighted by Crippen LogP contribution is -1.98. The lowest BCUT2D eigenvalue weighted by Gasteiger charge is -2.07. The normalized spacial score (nSPS) is 10.9. The van der Waals surface area contributed by atoms with E-state index in [1.807, 2.05) is 6.07 Å². The molecule has 1 aromatic heterocycles. The summed E-state index contributed by atoms with van der Waals surface area (Å²) in [5.41, 5.74) is 1.26. The molecular formula is C14H15BrN2S. The summed E-state index contributed by atoms with van der Waals surface area (Å²) in [6.07, 6.45) is 0. The van der Waals surface area contributed by atoms with E-state index in [1.165, 1.54) is 10.5 Å². The molecule has 0 aliphatic heterocycles. The zero-order valence-corrected chi connectivity index (χ0v) is 13.0. The Morgan fingerprint density at radius 2 is 1.94 bits per heavy atom. The third-order valence-electron chi connectivity index (χ3n) is 2.42. The van der Waals surface area contributed by atoms with Crippen molar-refractivity contribution in [2.24, 2.45) is 0 Å². The number of benzene rings is 1. The fourth-order valence-corrected chi connectivity index (χ4v) is 3.02. The van der Waals surface area contributed by atoms with Crippen LogP contribution in [0.2, 0.25) is 0 Å². The molecule has 2 nitrogen and oxygen atoms in total. The van der Waals surface area contributed by atoms with E-state index in [4.69, 9.17) is 0 Å². The summed E-state index contributed by atoms with van der Waals surface area (Å²) in [5, 5.41) is 0.978. The van der Waals surface area contributed by atoms with E-state index in [0.29, 0.717) is 5.92 Å². The van der Waals surface area contributed by atoms with Crippen LogP contribution < -0.4 is 0 Å². The predicted octanol–water partition coefficient (Wildman–Crippen LogP) is 4.82. The van der Waals surface area contributed by atoms with Crippen molar-refractivity contribution >= 4 is 27.7 Å². The fourth-order valence-electron chi connectivity index (χ4n) is 1.52. The molecule has 0 fully saturated rings. The summed E-state index contributed by atoms with van der Waals surface area (Å²) in [5.74, 6) is 1.21. The summed E-state index contributed by atoms with van der Waals surface area (Å²) < 4.78 is 0.844. The Kier molecular flexibility index (Phi) is 4.40. The van der Waals surface area contributed by atoms with Crippen LogP contribution in [0.3, 0.4) is 0 Å². The van der Waals surface area contributed by atoms with Gasteiger partial charge in [-0.2, -0.15) is 0 Å². The first kappa shape index (κ1) is 13.6. The Labute approximate surface area is 120 Å². The van der Waals surface area contributed by atoms with Gasteiger partial charge in [-0.3, -0.25) is 0 Å². The summed E-state index contributed by atoms with van der Waals surface area (Å²) >= 11 is 5.11. The van der Waals surface area contributed by atoms with E-state index in [-0.39, 0.29) is 0 Å². The van der Waals surface area contributed by atoms with E-state index < -0.39 is 0 Å². The standard InChI is InChI=1S/C14H15BrN2S/c1-9(2)14-16-12(15)8-13(17-14)18-11-6-4-5-10(3)7-11/h4-9H,1-3H3. The van der Waals surface area contributed by atoms with Crippen molar-refractivity contribution in [1.29, 1.82) is 0 Å². The van der Waals surface area contributed by atoms with Gasteiger partial charge in [-0.05, 0) is 35.0 Å². The van der Waals surface area contributed by atoms with E-state index in [1.54, 1.807) is 11.8 Å². The fraction of sp³-hybridized carbons (Fsp3) is 0.286. The first-order chi connectivity index (χ1) is 8.54. The molecule has 0 saturated heterocycles. The zero-order chi connectivity index (χ0) is 13.1. The number of aromatic nitrogens is 2. The van der Waals surface area contributed by atoms with Gasteiger partial charge in [-0.25, -0.2) is 9.97 Å². The molecule has 4 heteroatoms. The van der Waals surface area contributed by atoms with Crippen molar-refractivity contribution in [3.63, 3.8) is 0 Å². The number of hydrogen-bond acceptors (Lipinski definition) is 3. The molecule has 0 amide bonds. The van der Waals surface area contributed by atoms with Crippen LogP contribution in [0.1, 0.15) is 31.2 Å². The third kappa shape index (κ3) is 3.56. The molecule has 0 aliphatic carbocycles. The highest BCUT2D eigenvalue weighted by Crippen LogP contribution is 2.29. The van der Waals surface area contributed by atoms with Gasteiger partial charge < -0.3 is 0 Å². The highest BCUT2D eigenvalue weighted by Gasteiger charge is 2.08. The van der Waals surface area contributed by atoms with Gasteiger partial charge in [0.05, 0.1) is 0 Å². The molecular weight excluding hydrogens is 308 g/mol. The molecule has 1 aromatic carbocycles. The molecule has 18 heavy (non-hydrogen) atoms. The maximum absolute atomic E-state index is 4.58. The first-order valence-electron chi connectivity index (χ1n) is 5.83. The van der Waals surface area contributed by atoms with E-state index >= 15 is 0 Å². The molecule has 1 heterocycles. The Morgan fingerprint density at radius 1 is 1.17 bits per heavy atom. The minimum Gasteiger partial charge on any atom is -0.226 e. The maximum Gasteiger partial charge on any atom is 0.133 e. The van der Waals surface area contributed by atoms with E-state index in [0.717, 1.165) is 15.5 Å².